The molecule has 5 heteroatoms. The molecule has 0 aliphatic rings. The Bertz CT molecular complexity index is 494. The summed E-state index contributed by atoms with van der Waals surface area (Å²) in [5, 5.41) is 9.44. The van der Waals surface area contributed by atoms with Crippen molar-refractivity contribution in [2.75, 3.05) is 5.32 Å². The zero-order valence-electron chi connectivity index (χ0n) is 8.72. The first-order valence-corrected chi connectivity index (χ1v) is 4.84. The van der Waals surface area contributed by atoms with Gasteiger partial charge < -0.3 is 5.32 Å². The Morgan fingerprint density at radius 1 is 1.38 bits per heavy atom. The number of hydrogen-bond acceptors (Lipinski definition) is 2. The maximum atomic E-state index is 13.2. The van der Waals surface area contributed by atoms with Crippen LogP contribution in [-0.4, -0.2) is 10.2 Å². The minimum Gasteiger partial charge on any atom is -0.378 e. The first-order valence-electron chi connectivity index (χ1n) is 4.84. The van der Waals surface area contributed by atoms with Crippen LogP contribution in [0, 0.1) is 18.6 Å². The van der Waals surface area contributed by atoms with Crippen LogP contribution < -0.4 is 5.32 Å². The second-order valence-corrected chi connectivity index (χ2v) is 3.50. The summed E-state index contributed by atoms with van der Waals surface area (Å²) in [5.41, 5.74) is 1.98. The molecule has 0 atom stereocenters. The SMILES string of the molecule is Cc1[nH]ncc1CNc1cc(F)ccc1F. The van der Waals surface area contributed by atoms with Crippen molar-refractivity contribution in [2.24, 2.45) is 0 Å². The maximum absolute atomic E-state index is 13.2. The topological polar surface area (TPSA) is 40.7 Å². The predicted molar refractivity (Wildman–Crippen MR) is 57.0 cm³/mol. The van der Waals surface area contributed by atoms with Crippen LogP contribution >= 0.6 is 0 Å². The van der Waals surface area contributed by atoms with Gasteiger partial charge in [0.05, 0.1) is 11.9 Å². The zero-order chi connectivity index (χ0) is 11.5. The molecule has 0 aliphatic heterocycles. The lowest BCUT2D eigenvalue weighted by Gasteiger charge is -2.06. The molecule has 0 aliphatic carbocycles. The fourth-order valence-corrected chi connectivity index (χ4v) is 1.38. The average Bonchev–Trinajstić information content (AvgIpc) is 2.66. The molecule has 0 spiro atoms. The van der Waals surface area contributed by atoms with Crippen molar-refractivity contribution in [3.63, 3.8) is 0 Å². The van der Waals surface area contributed by atoms with Crippen molar-refractivity contribution in [3.05, 3.63) is 47.3 Å². The number of aromatic nitrogens is 2. The molecule has 0 bridgehead atoms. The monoisotopic (exact) mass is 223 g/mol. The molecule has 0 fully saturated rings. The number of benzene rings is 1. The van der Waals surface area contributed by atoms with Gasteiger partial charge in [0, 0.05) is 17.8 Å². The Morgan fingerprint density at radius 3 is 2.88 bits per heavy atom. The van der Waals surface area contributed by atoms with E-state index in [9.17, 15) is 8.78 Å². The van der Waals surface area contributed by atoms with Gasteiger partial charge in [-0.05, 0) is 25.1 Å². The van der Waals surface area contributed by atoms with Crippen molar-refractivity contribution in [3.8, 4) is 0 Å². The van der Waals surface area contributed by atoms with Crippen LogP contribution in [-0.2, 0) is 6.54 Å². The van der Waals surface area contributed by atoms with E-state index in [-0.39, 0.29) is 5.69 Å². The van der Waals surface area contributed by atoms with Crippen LogP contribution in [0.2, 0.25) is 0 Å². The van der Waals surface area contributed by atoms with E-state index in [1.807, 2.05) is 6.92 Å². The highest BCUT2D eigenvalue weighted by molar-refractivity contribution is 5.45. The van der Waals surface area contributed by atoms with Crippen LogP contribution in [0.3, 0.4) is 0 Å². The Morgan fingerprint density at radius 2 is 2.19 bits per heavy atom. The fourth-order valence-electron chi connectivity index (χ4n) is 1.38. The molecule has 3 nitrogen and oxygen atoms in total. The van der Waals surface area contributed by atoms with Crippen molar-refractivity contribution >= 4 is 5.69 Å². The third kappa shape index (κ3) is 2.18. The molecule has 16 heavy (non-hydrogen) atoms. The van der Waals surface area contributed by atoms with Crippen LogP contribution in [0.25, 0.3) is 0 Å². The van der Waals surface area contributed by atoms with E-state index in [1.165, 1.54) is 0 Å². The second-order valence-electron chi connectivity index (χ2n) is 3.50. The highest BCUT2D eigenvalue weighted by atomic mass is 19.1. The van der Waals surface area contributed by atoms with E-state index in [1.54, 1.807) is 6.20 Å². The molecular weight excluding hydrogens is 212 g/mol. The Balaban J connectivity index is 2.10. The van der Waals surface area contributed by atoms with Gasteiger partial charge in [-0.1, -0.05) is 0 Å². The molecule has 0 unspecified atom stereocenters. The minimum atomic E-state index is -0.470. The van der Waals surface area contributed by atoms with Crippen LogP contribution in [0.5, 0.6) is 0 Å². The first kappa shape index (κ1) is 10.6. The van der Waals surface area contributed by atoms with Gasteiger partial charge in [-0.3, -0.25) is 5.10 Å². The van der Waals surface area contributed by atoms with Gasteiger partial charge >= 0.3 is 0 Å². The maximum Gasteiger partial charge on any atom is 0.146 e. The quantitative estimate of drug-likeness (QED) is 0.839. The predicted octanol–water partition coefficient (Wildman–Crippen LogP) is 2.61. The number of H-pyrrole nitrogens is 1. The summed E-state index contributed by atoms with van der Waals surface area (Å²) in [6.45, 7) is 2.27. The van der Waals surface area contributed by atoms with Gasteiger partial charge in [0.25, 0.3) is 0 Å². The number of rotatable bonds is 3. The van der Waals surface area contributed by atoms with Crippen LogP contribution in [0.1, 0.15) is 11.3 Å². The molecule has 1 heterocycles. The lowest BCUT2D eigenvalue weighted by molar-refractivity contribution is 0.602. The van der Waals surface area contributed by atoms with Gasteiger partial charge in [0.1, 0.15) is 11.6 Å². The molecule has 84 valence electrons. The summed E-state index contributed by atoms with van der Waals surface area (Å²) in [6, 6.07) is 3.31. The standard InChI is InChI=1S/C11H11F2N3/c1-7-8(6-15-16-7)5-14-11-4-9(12)2-3-10(11)13/h2-4,6,14H,5H2,1H3,(H,15,16). The Kier molecular flexibility index (Phi) is 2.85. The molecular formula is C11H11F2N3. The third-order valence-corrected chi connectivity index (χ3v) is 2.33. The highest BCUT2D eigenvalue weighted by Gasteiger charge is 2.05. The molecule has 2 rings (SSSR count). The number of anilines is 1. The summed E-state index contributed by atoms with van der Waals surface area (Å²) in [7, 11) is 0. The van der Waals surface area contributed by atoms with Crippen molar-refractivity contribution < 1.29 is 8.78 Å². The molecule has 0 saturated carbocycles. The van der Waals surface area contributed by atoms with Gasteiger partial charge in [-0.2, -0.15) is 5.10 Å². The summed E-state index contributed by atoms with van der Waals surface area (Å²) >= 11 is 0. The van der Waals surface area contributed by atoms with E-state index in [0.717, 1.165) is 29.5 Å². The molecule has 0 saturated heterocycles. The van der Waals surface area contributed by atoms with Gasteiger partial charge in [0.15, 0.2) is 0 Å². The normalized spacial score (nSPS) is 10.4. The molecule has 1 aromatic carbocycles. The van der Waals surface area contributed by atoms with E-state index in [2.05, 4.69) is 15.5 Å². The zero-order valence-corrected chi connectivity index (χ0v) is 8.72. The van der Waals surface area contributed by atoms with Crippen molar-refractivity contribution in [2.45, 2.75) is 13.5 Å². The molecule has 0 amide bonds. The first-order chi connectivity index (χ1) is 7.66. The Labute approximate surface area is 91.5 Å². The number of halogens is 2. The van der Waals surface area contributed by atoms with Crippen LogP contribution in [0.4, 0.5) is 14.5 Å². The lowest BCUT2D eigenvalue weighted by Crippen LogP contribution is -2.02. The number of nitrogens with zero attached hydrogens (tertiary/aromatic N) is 1. The van der Waals surface area contributed by atoms with Gasteiger partial charge in [-0.15, -0.1) is 0 Å². The van der Waals surface area contributed by atoms with E-state index < -0.39 is 11.6 Å². The third-order valence-electron chi connectivity index (χ3n) is 2.33. The largest absolute Gasteiger partial charge is 0.378 e. The van der Waals surface area contributed by atoms with Gasteiger partial charge in [-0.25, -0.2) is 8.78 Å². The van der Waals surface area contributed by atoms with E-state index in [4.69, 9.17) is 0 Å². The number of aryl methyl sites for hydroxylation is 1. The molecule has 2 N–H and O–H groups in total. The minimum absolute atomic E-state index is 0.153. The molecule has 0 radical (unpaired) electrons. The summed E-state index contributed by atoms with van der Waals surface area (Å²) in [4.78, 5) is 0. The summed E-state index contributed by atoms with van der Waals surface area (Å²) in [6.07, 6.45) is 1.65. The lowest BCUT2D eigenvalue weighted by atomic mass is 10.2. The number of aromatic amines is 1. The Hall–Kier alpha value is -1.91. The highest BCUT2D eigenvalue weighted by Crippen LogP contribution is 2.16. The van der Waals surface area contributed by atoms with E-state index in [0.29, 0.717) is 6.54 Å². The van der Waals surface area contributed by atoms with Gasteiger partial charge in [0.2, 0.25) is 0 Å². The molecule has 2 aromatic rings. The second kappa shape index (κ2) is 4.30. The fraction of sp³-hybridized carbons (Fsp3) is 0.182. The van der Waals surface area contributed by atoms with Crippen LogP contribution in [0.15, 0.2) is 24.4 Å². The number of nitrogens with one attached hydrogen (secondary N) is 2. The number of hydrogen-bond donors (Lipinski definition) is 2. The summed E-state index contributed by atoms with van der Waals surface area (Å²) in [5.74, 6) is -0.935. The smallest absolute Gasteiger partial charge is 0.146 e. The van der Waals surface area contributed by atoms with Crippen molar-refractivity contribution in [1.29, 1.82) is 0 Å². The molecule has 1 aromatic heterocycles. The van der Waals surface area contributed by atoms with Crippen molar-refractivity contribution in [1.82, 2.24) is 10.2 Å². The summed E-state index contributed by atoms with van der Waals surface area (Å²) < 4.78 is 26.1. The average molecular weight is 223 g/mol. The van der Waals surface area contributed by atoms with E-state index >= 15 is 0 Å².